The van der Waals surface area contributed by atoms with E-state index in [0.717, 1.165) is 18.8 Å². The van der Waals surface area contributed by atoms with Crippen molar-refractivity contribution in [3.8, 4) is 0 Å². The van der Waals surface area contributed by atoms with Crippen molar-refractivity contribution in [3.63, 3.8) is 0 Å². The highest BCUT2D eigenvalue weighted by molar-refractivity contribution is 6.18. The maximum atomic E-state index is 12.1. The number of amides is 1. The summed E-state index contributed by atoms with van der Waals surface area (Å²) >= 11 is 6.13. The van der Waals surface area contributed by atoms with Crippen LogP contribution in [0.5, 0.6) is 0 Å². The number of nitrogens with one attached hydrogen (secondary N) is 1. The molecular formula is C15H26ClNO. The number of halogens is 1. The topological polar surface area (TPSA) is 29.1 Å². The summed E-state index contributed by atoms with van der Waals surface area (Å²) in [6, 6.07) is 0. The van der Waals surface area contributed by atoms with Gasteiger partial charge in [0, 0.05) is 12.3 Å². The summed E-state index contributed by atoms with van der Waals surface area (Å²) in [5.41, 5.74) is -0.107. The van der Waals surface area contributed by atoms with Crippen molar-refractivity contribution >= 4 is 17.5 Å². The second-order valence-electron chi connectivity index (χ2n) is 6.50. The smallest absolute Gasteiger partial charge is 0.220 e. The Kier molecular flexibility index (Phi) is 4.94. The third-order valence-electron chi connectivity index (χ3n) is 4.84. The van der Waals surface area contributed by atoms with Crippen molar-refractivity contribution in [1.82, 2.24) is 5.32 Å². The zero-order valence-corrected chi connectivity index (χ0v) is 12.3. The van der Waals surface area contributed by atoms with Crippen molar-refractivity contribution < 1.29 is 4.79 Å². The van der Waals surface area contributed by atoms with E-state index < -0.39 is 0 Å². The number of rotatable bonds is 4. The number of carbonyl (C=O) groups excluding carboxylic acids is 1. The predicted molar refractivity (Wildman–Crippen MR) is 75.8 cm³/mol. The molecule has 0 spiro atoms. The molecule has 2 aliphatic rings. The Morgan fingerprint density at radius 3 is 2.39 bits per heavy atom. The average molecular weight is 272 g/mol. The van der Waals surface area contributed by atoms with E-state index in [4.69, 9.17) is 11.6 Å². The Balaban J connectivity index is 1.83. The highest BCUT2D eigenvalue weighted by Gasteiger charge is 2.35. The average Bonchev–Trinajstić information content (AvgIpc) is 2.85. The second-order valence-corrected chi connectivity index (χ2v) is 6.77. The van der Waals surface area contributed by atoms with E-state index in [2.05, 4.69) is 12.2 Å². The van der Waals surface area contributed by atoms with Crippen LogP contribution in [0.2, 0.25) is 0 Å². The minimum atomic E-state index is -0.107. The minimum Gasteiger partial charge on any atom is -0.349 e. The Bertz CT molecular complexity index is 278. The molecule has 0 saturated heterocycles. The molecule has 0 aromatic carbocycles. The van der Waals surface area contributed by atoms with Crippen LogP contribution in [0.4, 0.5) is 0 Å². The van der Waals surface area contributed by atoms with E-state index in [9.17, 15) is 4.79 Å². The van der Waals surface area contributed by atoms with Gasteiger partial charge in [0.25, 0.3) is 0 Å². The zero-order valence-electron chi connectivity index (χ0n) is 11.5. The largest absolute Gasteiger partial charge is 0.349 e. The van der Waals surface area contributed by atoms with E-state index in [1.165, 1.54) is 38.5 Å². The monoisotopic (exact) mass is 271 g/mol. The molecule has 0 radical (unpaired) electrons. The van der Waals surface area contributed by atoms with E-state index in [0.29, 0.717) is 18.2 Å². The van der Waals surface area contributed by atoms with Gasteiger partial charge in [0.15, 0.2) is 0 Å². The molecule has 2 saturated carbocycles. The first-order chi connectivity index (χ1) is 8.63. The Labute approximate surface area is 116 Å². The van der Waals surface area contributed by atoms with E-state index >= 15 is 0 Å². The van der Waals surface area contributed by atoms with Gasteiger partial charge in [0.1, 0.15) is 0 Å². The summed E-state index contributed by atoms with van der Waals surface area (Å²) < 4.78 is 0. The fourth-order valence-corrected chi connectivity index (χ4v) is 3.76. The molecular weight excluding hydrogens is 246 g/mol. The second kappa shape index (κ2) is 6.27. The summed E-state index contributed by atoms with van der Waals surface area (Å²) in [5.74, 6) is 2.21. The molecule has 3 heteroatoms. The number of carbonyl (C=O) groups is 1. The quantitative estimate of drug-likeness (QED) is 0.773. The summed E-state index contributed by atoms with van der Waals surface area (Å²) in [4.78, 5) is 12.1. The predicted octanol–water partition coefficient (Wildman–Crippen LogP) is 3.87. The maximum Gasteiger partial charge on any atom is 0.220 e. The van der Waals surface area contributed by atoms with Gasteiger partial charge in [-0.25, -0.2) is 0 Å². The first kappa shape index (κ1) is 14.2. The molecule has 0 aliphatic heterocycles. The van der Waals surface area contributed by atoms with E-state index in [-0.39, 0.29) is 11.4 Å². The summed E-state index contributed by atoms with van der Waals surface area (Å²) in [5, 5.41) is 3.26. The Morgan fingerprint density at radius 1 is 1.22 bits per heavy atom. The molecule has 104 valence electrons. The normalized spacial score (nSPS) is 33.6. The standard InChI is InChI=1S/C15H26ClNO/c1-12-6-8-15(11-16,9-7-12)17-14(18)10-13-4-2-3-5-13/h12-13H,2-11H2,1H3,(H,17,18). The Morgan fingerprint density at radius 2 is 1.83 bits per heavy atom. The molecule has 0 unspecified atom stereocenters. The lowest BCUT2D eigenvalue weighted by atomic mass is 9.78. The number of alkyl halides is 1. The van der Waals surface area contributed by atoms with Gasteiger partial charge < -0.3 is 5.32 Å². The molecule has 1 N–H and O–H groups in total. The molecule has 2 nitrogen and oxygen atoms in total. The molecule has 2 rings (SSSR count). The molecule has 0 aromatic rings. The summed E-state index contributed by atoms with van der Waals surface area (Å²) in [6.07, 6.45) is 10.3. The van der Waals surface area contributed by atoms with Crippen LogP contribution >= 0.6 is 11.6 Å². The lowest BCUT2D eigenvalue weighted by Gasteiger charge is -2.39. The lowest BCUT2D eigenvalue weighted by Crippen LogP contribution is -2.52. The molecule has 0 atom stereocenters. The third kappa shape index (κ3) is 3.63. The van der Waals surface area contributed by atoms with Crippen LogP contribution in [0.25, 0.3) is 0 Å². The van der Waals surface area contributed by atoms with Gasteiger partial charge in [0.2, 0.25) is 5.91 Å². The first-order valence-corrected chi connectivity index (χ1v) is 8.04. The van der Waals surface area contributed by atoms with Gasteiger partial charge in [-0.2, -0.15) is 0 Å². The Hall–Kier alpha value is -0.240. The third-order valence-corrected chi connectivity index (χ3v) is 5.35. The van der Waals surface area contributed by atoms with Crippen LogP contribution in [0, 0.1) is 11.8 Å². The highest BCUT2D eigenvalue weighted by atomic mass is 35.5. The van der Waals surface area contributed by atoms with Gasteiger partial charge in [-0.3, -0.25) is 4.79 Å². The van der Waals surface area contributed by atoms with Crippen molar-refractivity contribution in [2.45, 2.75) is 70.3 Å². The van der Waals surface area contributed by atoms with Gasteiger partial charge in [-0.15, -0.1) is 11.6 Å². The summed E-state index contributed by atoms with van der Waals surface area (Å²) in [6.45, 7) is 2.29. The zero-order chi connectivity index (χ0) is 13.0. The van der Waals surface area contributed by atoms with Crippen LogP contribution in [-0.2, 0) is 4.79 Å². The van der Waals surface area contributed by atoms with Crippen LogP contribution < -0.4 is 5.32 Å². The van der Waals surface area contributed by atoms with Crippen molar-refractivity contribution in [2.75, 3.05) is 5.88 Å². The van der Waals surface area contributed by atoms with Crippen LogP contribution in [0.1, 0.15) is 64.7 Å². The molecule has 1 amide bonds. The van der Waals surface area contributed by atoms with Gasteiger partial charge >= 0.3 is 0 Å². The fraction of sp³-hybridized carbons (Fsp3) is 0.933. The lowest BCUT2D eigenvalue weighted by molar-refractivity contribution is -0.124. The van der Waals surface area contributed by atoms with Gasteiger partial charge in [-0.05, 0) is 50.4 Å². The van der Waals surface area contributed by atoms with E-state index in [1.807, 2.05) is 0 Å². The highest BCUT2D eigenvalue weighted by Crippen LogP contribution is 2.33. The first-order valence-electron chi connectivity index (χ1n) is 7.50. The van der Waals surface area contributed by atoms with Gasteiger partial charge in [-0.1, -0.05) is 19.8 Å². The van der Waals surface area contributed by atoms with Gasteiger partial charge in [0.05, 0.1) is 5.54 Å². The summed E-state index contributed by atoms with van der Waals surface area (Å²) in [7, 11) is 0. The molecule has 0 aromatic heterocycles. The maximum absolute atomic E-state index is 12.1. The molecule has 0 bridgehead atoms. The number of hydrogen-bond acceptors (Lipinski definition) is 1. The van der Waals surface area contributed by atoms with Crippen molar-refractivity contribution in [1.29, 1.82) is 0 Å². The van der Waals surface area contributed by atoms with Crippen LogP contribution in [0.15, 0.2) is 0 Å². The van der Waals surface area contributed by atoms with E-state index in [1.54, 1.807) is 0 Å². The molecule has 0 heterocycles. The van der Waals surface area contributed by atoms with Crippen LogP contribution in [-0.4, -0.2) is 17.3 Å². The molecule has 2 fully saturated rings. The SMILES string of the molecule is CC1CCC(CCl)(NC(=O)CC2CCCC2)CC1. The minimum absolute atomic E-state index is 0.107. The molecule has 2 aliphatic carbocycles. The molecule has 18 heavy (non-hydrogen) atoms. The number of hydrogen-bond donors (Lipinski definition) is 1. The van der Waals surface area contributed by atoms with Crippen molar-refractivity contribution in [3.05, 3.63) is 0 Å². The van der Waals surface area contributed by atoms with Crippen molar-refractivity contribution in [2.24, 2.45) is 11.8 Å². The van der Waals surface area contributed by atoms with Crippen LogP contribution in [0.3, 0.4) is 0 Å². The fourth-order valence-electron chi connectivity index (χ4n) is 3.43.